The van der Waals surface area contributed by atoms with Gasteiger partial charge in [-0.25, -0.2) is 4.79 Å². The third-order valence-electron chi connectivity index (χ3n) is 3.35. The number of para-hydroxylation sites is 1. The van der Waals surface area contributed by atoms with Crippen LogP contribution in [0.4, 0.5) is 16.2 Å². The largest absolute Gasteiger partial charge is 0.398 e. The zero-order chi connectivity index (χ0) is 15.2. The molecule has 0 unspecified atom stereocenters. The zero-order valence-electron chi connectivity index (χ0n) is 12.5. The van der Waals surface area contributed by atoms with Crippen molar-refractivity contribution in [3.63, 3.8) is 0 Å². The first-order chi connectivity index (χ1) is 10.1. The average Bonchev–Trinajstić information content (AvgIpc) is 2.46. The number of carbonyl (C=O) groups is 1. The van der Waals surface area contributed by atoms with Crippen molar-refractivity contribution in [2.75, 3.05) is 17.6 Å². The molecule has 3 N–H and O–H groups in total. The number of rotatable bonds is 4. The number of hydrogen-bond donors (Lipinski definition) is 2. The molecule has 4 heteroatoms. The Morgan fingerprint density at radius 2 is 1.95 bits per heavy atom. The number of carbonyl (C=O) groups excluding carboxylic acids is 1. The van der Waals surface area contributed by atoms with Gasteiger partial charge in [0, 0.05) is 24.5 Å². The summed E-state index contributed by atoms with van der Waals surface area (Å²) < 4.78 is 0. The summed E-state index contributed by atoms with van der Waals surface area (Å²) in [6, 6.07) is 15.2. The van der Waals surface area contributed by atoms with Gasteiger partial charge in [0.15, 0.2) is 0 Å². The molecule has 110 valence electrons. The number of hydrogen-bond acceptors (Lipinski definition) is 2. The van der Waals surface area contributed by atoms with Crippen LogP contribution in [0, 0.1) is 6.92 Å². The molecule has 0 saturated heterocycles. The zero-order valence-corrected chi connectivity index (χ0v) is 12.5. The quantitative estimate of drug-likeness (QED) is 0.842. The monoisotopic (exact) mass is 283 g/mol. The lowest BCUT2D eigenvalue weighted by Crippen LogP contribution is -2.34. The van der Waals surface area contributed by atoms with E-state index in [0.717, 1.165) is 16.8 Å². The predicted molar refractivity (Wildman–Crippen MR) is 87.1 cm³/mol. The van der Waals surface area contributed by atoms with Gasteiger partial charge in [0.1, 0.15) is 0 Å². The van der Waals surface area contributed by atoms with E-state index in [1.807, 2.05) is 62.4 Å². The highest BCUT2D eigenvalue weighted by Gasteiger charge is 2.13. The highest BCUT2D eigenvalue weighted by Crippen LogP contribution is 2.15. The molecule has 2 aromatic rings. The summed E-state index contributed by atoms with van der Waals surface area (Å²) >= 11 is 0. The van der Waals surface area contributed by atoms with E-state index in [2.05, 4.69) is 5.32 Å². The molecule has 0 aliphatic rings. The summed E-state index contributed by atoms with van der Waals surface area (Å²) in [5.41, 5.74) is 9.52. The van der Waals surface area contributed by atoms with E-state index in [9.17, 15) is 4.79 Å². The van der Waals surface area contributed by atoms with E-state index >= 15 is 0 Å². The van der Waals surface area contributed by atoms with Crippen molar-refractivity contribution in [2.45, 2.75) is 20.4 Å². The van der Waals surface area contributed by atoms with Gasteiger partial charge in [0.25, 0.3) is 0 Å². The molecule has 2 rings (SSSR count). The summed E-state index contributed by atoms with van der Waals surface area (Å²) in [7, 11) is 0. The number of nitrogens with zero attached hydrogens (tertiary/aromatic N) is 1. The second-order valence-electron chi connectivity index (χ2n) is 5.01. The Morgan fingerprint density at radius 1 is 1.19 bits per heavy atom. The summed E-state index contributed by atoms with van der Waals surface area (Å²) in [5.74, 6) is 0. The van der Waals surface area contributed by atoms with Crippen molar-refractivity contribution in [2.24, 2.45) is 0 Å². The second-order valence-corrected chi connectivity index (χ2v) is 5.01. The van der Waals surface area contributed by atoms with Crippen molar-refractivity contribution in [1.29, 1.82) is 0 Å². The third-order valence-corrected chi connectivity index (χ3v) is 3.35. The lowest BCUT2D eigenvalue weighted by molar-refractivity contribution is 0.212. The molecule has 4 nitrogen and oxygen atoms in total. The first-order valence-corrected chi connectivity index (χ1v) is 7.06. The maximum Gasteiger partial charge on any atom is 0.322 e. The van der Waals surface area contributed by atoms with Gasteiger partial charge >= 0.3 is 6.03 Å². The minimum Gasteiger partial charge on any atom is -0.398 e. The number of anilines is 2. The van der Waals surface area contributed by atoms with Gasteiger partial charge in [-0.2, -0.15) is 0 Å². The number of amides is 2. The number of aryl methyl sites for hydroxylation is 1. The minimum atomic E-state index is -0.119. The van der Waals surface area contributed by atoms with Gasteiger partial charge < -0.3 is 16.0 Å². The van der Waals surface area contributed by atoms with Gasteiger partial charge in [-0.15, -0.1) is 0 Å². The van der Waals surface area contributed by atoms with Crippen LogP contribution in [-0.2, 0) is 6.54 Å². The number of nitrogen functional groups attached to an aromatic ring is 1. The van der Waals surface area contributed by atoms with E-state index in [1.165, 1.54) is 0 Å². The molecule has 2 amide bonds. The highest BCUT2D eigenvalue weighted by molar-refractivity contribution is 5.89. The van der Waals surface area contributed by atoms with Crippen LogP contribution in [-0.4, -0.2) is 17.5 Å². The van der Waals surface area contributed by atoms with E-state index in [-0.39, 0.29) is 6.03 Å². The van der Waals surface area contributed by atoms with Crippen LogP contribution in [0.1, 0.15) is 18.1 Å². The first kappa shape index (κ1) is 14.9. The van der Waals surface area contributed by atoms with Crippen LogP contribution in [0.5, 0.6) is 0 Å². The maximum atomic E-state index is 12.3. The van der Waals surface area contributed by atoms with Crippen molar-refractivity contribution >= 4 is 17.4 Å². The van der Waals surface area contributed by atoms with Gasteiger partial charge in [-0.05, 0) is 43.2 Å². The Kier molecular flexibility index (Phi) is 4.82. The Hall–Kier alpha value is -2.49. The SMILES string of the molecule is CCN(Cc1ccccc1N)C(=O)Nc1cccc(C)c1. The molecule has 0 saturated carbocycles. The van der Waals surface area contributed by atoms with Crippen molar-refractivity contribution in [3.05, 3.63) is 59.7 Å². The number of nitrogens with one attached hydrogen (secondary N) is 1. The van der Waals surface area contributed by atoms with Crippen LogP contribution in [0.3, 0.4) is 0 Å². The summed E-state index contributed by atoms with van der Waals surface area (Å²) in [6.45, 7) is 5.07. The molecule has 0 atom stereocenters. The Balaban J connectivity index is 2.07. The van der Waals surface area contributed by atoms with Crippen LogP contribution in [0.2, 0.25) is 0 Å². The predicted octanol–water partition coefficient (Wildman–Crippen LogP) is 3.63. The molecule has 0 spiro atoms. The number of benzene rings is 2. The smallest absolute Gasteiger partial charge is 0.322 e. The molecule has 0 radical (unpaired) electrons. The highest BCUT2D eigenvalue weighted by atomic mass is 16.2. The second kappa shape index (κ2) is 6.79. The molecule has 0 aromatic heterocycles. The summed E-state index contributed by atoms with van der Waals surface area (Å²) in [4.78, 5) is 14.1. The fraction of sp³-hybridized carbons (Fsp3) is 0.235. The first-order valence-electron chi connectivity index (χ1n) is 7.06. The van der Waals surface area contributed by atoms with Gasteiger partial charge in [-0.3, -0.25) is 0 Å². The van der Waals surface area contributed by atoms with Gasteiger partial charge in [0.05, 0.1) is 0 Å². The summed E-state index contributed by atoms with van der Waals surface area (Å²) in [5, 5.41) is 2.92. The molecule has 0 heterocycles. The standard InChI is InChI=1S/C17H21N3O/c1-3-20(12-14-8-4-5-10-16(14)18)17(21)19-15-9-6-7-13(2)11-15/h4-11H,3,12,18H2,1-2H3,(H,19,21). The normalized spacial score (nSPS) is 10.2. The van der Waals surface area contributed by atoms with Gasteiger partial charge in [0.2, 0.25) is 0 Å². The van der Waals surface area contributed by atoms with E-state index in [4.69, 9.17) is 5.73 Å². The van der Waals surface area contributed by atoms with Gasteiger partial charge in [-0.1, -0.05) is 30.3 Å². The van der Waals surface area contributed by atoms with E-state index < -0.39 is 0 Å². The van der Waals surface area contributed by atoms with Crippen molar-refractivity contribution in [1.82, 2.24) is 4.90 Å². The van der Waals surface area contributed by atoms with E-state index in [1.54, 1.807) is 4.90 Å². The fourth-order valence-corrected chi connectivity index (χ4v) is 2.14. The lowest BCUT2D eigenvalue weighted by atomic mass is 10.1. The number of urea groups is 1. The maximum absolute atomic E-state index is 12.3. The van der Waals surface area contributed by atoms with Crippen LogP contribution in [0.25, 0.3) is 0 Å². The number of nitrogens with two attached hydrogens (primary N) is 1. The van der Waals surface area contributed by atoms with Crippen molar-refractivity contribution < 1.29 is 4.79 Å². The van der Waals surface area contributed by atoms with Crippen molar-refractivity contribution in [3.8, 4) is 0 Å². The molecule has 0 aliphatic carbocycles. The molecular formula is C17H21N3O. The van der Waals surface area contributed by atoms with Crippen LogP contribution < -0.4 is 11.1 Å². The average molecular weight is 283 g/mol. The van der Waals surface area contributed by atoms with Crippen LogP contribution in [0.15, 0.2) is 48.5 Å². The summed E-state index contributed by atoms with van der Waals surface area (Å²) in [6.07, 6.45) is 0. The Bertz CT molecular complexity index is 625. The Morgan fingerprint density at radius 3 is 2.62 bits per heavy atom. The molecular weight excluding hydrogens is 262 g/mol. The lowest BCUT2D eigenvalue weighted by Gasteiger charge is -2.22. The van der Waals surface area contributed by atoms with Crippen LogP contribution >= 0.6 is 0 Å². The Labute approximate surface area is 125 Å². The minimum absolute atomic E-state index is 0.119. The topological polar surface area (TPSA) is 58.4 Å². The fourth-order valence-electron chi connectivity index (χ4n) is 2.14. The molecule has 0 fully saturated rings. The van der Waals surface area contributed by atoms with E-state index in [0.29, 0.717) is 18.8 Å². The molecule has 0 aliphatic heterocycles. The molecule has 21 heavy (non-hydrogen) atoms. The molecule has 2 aromatic carbocycles. The molecule has 0 bridgehead atoms. The third kappa shape index (κ3) is 3.99.